The Labute approximate surface area is 157 Å². The molecule has 1 aliphatic heterocycles. The molecule has 1 aliphatic rings. The van der Waals surface area contributed by atoms with Gasteiger partial charge in [0.05, 0.1) is 16.4 Å². The van der Waals surface area contributed by atoms with Gasteiger partial charge in [0.15, 0.2) is 0 Å². The quantitative estimate of drug-likeness (QED) is 0.625. The van der Waals surface area contributed by atoms with Crippen molar-refractivity contribution in [2.24, 2.45) is 0 Å². The number of carbonyl (C=O) groups excluding carboxylic acids is 1. The minimum Gasteiger partial charge on any atom is -0.339 e. The van der Waals surface area contributed by atoms with Crippen LogP contribution in [0.15, 0.2) is 50.8 Å². The number of rotatable bonds is 3. The Kier molecular flexibility index (Phi) is 4.67. The summed E-state index contributed by atoms with van der Waals surface area (Å²) in [5, 5.41) is 6.08. The van der Waals surface area contributed by atoms with Gasteiger partial charge in [-0.15, -0.1) is 11.3 Å². The van der Waals surface area contributed by atoms with E-state index < -0.39 is 0 Å². The van der Waals surface area contributed by atoms with E-state index in [1.165, 1.54) is 0 Å². The molecule has 5 nitrogen and oxygen atoms in total. The molecule has 1 atom stereocenters. The summed E-state index contributed by atoms with van der Waals surface area (Å²) in [7, 11) is 0. The zero-order valence-electron chi connectivity index (χ0n) is 13.4. The fourth-order valence-corrected chi connectivity index (χ4v) is 4.18. The number of amides is 1. The van der Waals surface area contributed by atoms with Crippen LogP contribution in [0, 0.1) is 0 Å². The Hall–Kier alpha value is -1.99. The Bertz CT molecular complexity index is 878. The molecule has 1 amide bonds. The minimum atomic E-state index is 0.0372. The second kappa shape index (κ2) is 7.09. The van der Waals surface area contributed by atoms with E-state index in [1.54, 1.807) is 11.3 Å². The molecule has 0 saturated carbocycles. The topological polar surface area (TPSA) is 59.2 Å². The van der Waals surface area contributed by atoms with Crippen molar-refractivity contribution in [3.8, 4) is 10.7 Å². The monoisotopic (exact) mass is 417 g/mol. The second-order valence-electron chi connectivity index (χ2n) is 6.00. The average molecular weight is 418 g/mol. The summed E-state index contributed by atoms with van der Waals surface area (Å²) in [5.74, 6) is 1.36. The number of thiophene rings is 1. The van der Waals surface area contributed by atoms with Crippen molar-refractivity contribution in [2.75, 3.05) is 13.1 Å². The molecule has 1 saturated heterocycles. The number of benzene rings is 1. The summed E-state index contributed by atoms with van der Waals surface area (Å²) in [6, 6.07) is 11.5. The molecule has 0 N–H and O–H groups in total. The summed E-state index contributed by atoms with van der Waals surface area (Å²) in [6.07, 6.45) is 1.88. The minimum absolute atomic E-state index is 0.0372. The Morgan fingerprint density at radius 1 is 1.28 bits per heavy atom. The van der Waals surface area contributed by atoms with Crippen LogP contribution in [-0.2, 0) is 0 Å². The van der Waals surface area contributed by atoms with E-state index in [0.717, 1.165) is 28.7 Å². The zero-order valence-corrected chi connectivity index (χ0v) is 15.8. The van der Waals surface area contributed by atoms with Gasteiger partial charge in [0.1, 0.15) is 0 Å². The number of piperidine rings is 1. The van der Waals surface area contributed by atoms with Gasteiger partial charge in [-0.05, 0) is 52.4 Å². The van der Waals surface area contributed by atoms with Crippen LogP contribution < -0.4 is 0 Å². The maximum Gasteiger partial charge on any atom is 0.255 e. The Morgan fingerprint density at radius 3 is 2.96 bits per heavy atom. The van der Waals surface area contributed by atoms with Gasteiger partial charge in [0.25, 0.3) is 5.91 Å². The number of carbonyl (C=O) groups is 1. The Balaban J connectivity index is 1.51. The molecule has 4 rings (SSSR count). The molecule has 3 heterocycles. The van der Waals surface area contributed by atoms with E-state index in [-0.39, 0.29) is 11.8 Å². The van der Waals surface area contributed by atoms with Crippen molar-refractivity contribution in [2.45, 2.75) is 18.8 Å². The summed E-state index contributed by atoms with van der Waals surface area (Å²) < 4.78 is 6.30. The van der Waals surface area contributed by atoms with Gasteiger partial charge in [-0.1, -0.05) is 23.4 Å². The maximum atomic E-state index is 12.8. The van der Waals surface area contributed by atoms with Gasteiger partial charge in [-0.3, -0.25) is 4.79 Å². The lowest BCUT2D eigenvalue weighted by atomic mass is 9.97. The lowest BCUT2D eigenvalue weighted by Crippen LogP contribution is -2.39. The third kappa shape index (κ3) is 3.39. The molecular weight excluding hydrogens is 402 g/mol. The molecule has 0 unspecified atom stereocenters. The molecule has 0 spiro atoms. The van der Waals surface area contributed by atoms with Gasteiger partial charge in [0, 0.05) is 17.6 Å². The van der Waals surface area contributed by atoms with Gasteiger partial charge in [-0.25, -0.2) is 0 Å². The van der Waals surface area contributed by atoms with E-state index in [2.05, 4.69) is 26.1 Å². The predicted molar refractivity (Wildman–Crippen MR) is 99.6 cm³/mol. The highest BCUT2D eigenvalue weighted by atomic mass is 79.9. The fourth-order valence-electron chi connectivity index (χ4n) is 3.08. The molecule has 2 aromatic heterocycles. The third-order valence-electron chi connectivity index (χ3n) is 4.35. The number of likely N-dealkylation sites (tertiary alicyclic amines) is 1. The number of hydrogen-bond donors (Lipinski definition) is 0. The number of hydrogen-bond acceptors (Lipinski definition) is 5. The van der Waals surface area contributed by atoms with E-state index in [0.29, 0.717) is 23.8 Å². The zero-order chi connectivity index (χ0) is 17.2. The van der Waals surface area contributed by atoms with Crippen molar-refractivity contribution in [1.82, 2.24) is 15.0 Å². The van der Waals surface area contributed by atoms with Crippen molar-refractivity contribution in [1.29, 1.82) is 0 Å². The van der Waals surface area contributed by atoms with Gasteiger partial charge in [0.2, 0.25) is 11.7 Å². The van der Waals surface area contributed by atoms with Crippen molar-refractivity contribution in [3.63, 3.8) is 0 Å². The lowest BCUT2D eigenvalue weighted by Gasteiger charge is -2.31. The average Bonchev–Trinajstić information content (AvgIpc) is 3.33. The standard InChI is InChI=1S/C18H16BrN3O2S/c19-14-7-2-1-6-13(14)18(23)22-9-3-5-12(11-22)17-20-16(21-24-17)15-8-4-10-25-15/h1-2,4,6-8,10,12H,3,5,9,11H2/t12-/m1/s1. The van der Waals surface area contributed by atoms with E-state index in [9.17, 15) is 4.79 Å². The first-order chi connectivity index (χ1) is 12.2. The highest BCUT2D eigenvalue weighted by Crippen LogP contribution is 2.30. The molecule has 1 fully saturated rings. The maximum absolute atomic E-state index is 12.8. The van der Waals surface area contributed by atoms with Crippen molar-refractivity contribution >= 4 is 33.2 Å². The van der Waals surface area contributed by atoms with E-state index in [1.807, 2.05) is 46.7 Å². The highest BCUT2D eigenvalue weighted by Gasteiger charge is 2.29. The molecule has 128 valence electrons. The number of aromatic nitrogens is 2. The summed E-state index contributed by atoms with van der Waals surface area (Å²) in [4.78, 5) is 20.2. The van der Waals surface area contributed by atoms with Gasteiger partial charge >= 0.3 is 0 Å². The first-order valence-corrected chi connectivity index (χ1v) is 9.81. The van der Waals surface area contributed by atoms with Gasteiger partial charge in [-0.2, -0.15) is 4.98 Å². The normalized spacial score (nSPS) is 17.6. The van der Waals surface area contributed by atoms with Crippen LogP contribution in [-0.4, -0.2) is 34.0 Å². The number of nitrogens with zero attached hydrogens (tertiary/aromatic N) is 3. The van der Waals surface area contributed by atoms with E-state index in [4.69, 9.17) is 4.52 Å². The highest BCUT2D eigenvalue weighted by molar-refractivity contribution is 9.10. The molecule has 1 aromatic carbocycles. The number of halogens is 1. The van der Waals surface area contributed by atoms with Crippen LogP contribution in [0.2, 0.25) is 0 Å². The van der Waals surface area contributed by atoms with Crippen LogP contribution in [0.25, 0.3) is 10.7 Å². The summed E-state index contributed by atoms with van der Waals surface area (Å²) in [6.45, 7) is 1.36. The first-order valence-electron chi connectivity index (χ1n) is 8.13. The summed E-state index contributed by atoms with van der Waals surface area (Å²) in [5.41, 5.74) is 0.688. The second-order valence-corrected chi connectivity index (χ2v) is 7.81. The predicted octanol–water partition coefficient (Wildman–Crippen LogP) is 4.58. The van der Waals surface area contributed by atoms with Crippen molar-refractivity contribution < 1.29 is 9.32 Å². The fraction of sp³-hybridized carbons (Fsp3) is 0.278. The van der Waals surface area contributed by atoms with Crippen LogP contribution in [0.5, 0.6) is 0 Å². The Morgan fingerprint density at radius 2 is 2.16 bits per heavy atom. The van der Waals surface area contributed by atoms with Crippen LogP contribution >= 0.6 is 27.3 Å². The molecule has 0 aliphatic carbocycles. The van der Waals surface area contributed by atoms with Gasteiger partial charge < -0.3 is 9.42 Å². The molecule has 25 heavy (non-hydrogen) atoms. The lowest BCUT2D eigenvalue weighted by molar-refractivity contribution is 0.0694. The molecule has 0 radical (unpaired) electrons. The first kappa shape index (κ1) is 16.5. The van der Waals surface area contributed by atoms with Crippen molar-refractivity contribution in [3.05, 3.63) is 57.7 Å². The van der Waals surface area contributed by atoms with Crippen LogP contribution in [0.3, 0.4) is 0 Å². The largest absolute Gasteiger partial charge is 0.339 e. The molecule has 3 aromatic rings. The SMILES string of the molecule is O=C(c1ccccc1Br)N1CCC[C@@H](c2nc(-c3cccs3)no2)C1. The third-order valence-corrected chi connectivity index (χ3v) is 5.90. The van der Waals surface area contributed by atoms with E-state index >= 15 is 0 Å². The van der Waals surface area contributed by atoms with Crippen LogP contribution in [0.4, 0.5) is 0 Å². The smallest absolute Gasteiger partial charge is 0.255 e. The van der Waals surface area contributed by atoms with Crippen LogP contribution in [0.1, 0.15) is 35.0 Å². The molecule has 0 bridgehead atoms. The molecule has 7 heteroatoms. The summed E-state index contributed by atoms with van der Waals surface area (Å²) >= 11 is 5.05. The molecular formula is C18H16BrN3O2S.